The second-order valence-electron chi connectivity index (χ2n) is 3.89. The fourth-order valence-corrected chi connectivity index (χ4v) is 1.76. The van der Waals surface area contributed by atoms with Crippen molar-refractivity contribution in [2.45, 2.75) is 13.2 Å². The minimum absolute atomic E-state index is 0.396. The van der Waals surface area contributed by atoms with E-state index in [1.54, 1.807) is 0 Å². The molecule has 2 unspecified atom stereocenters. The summed E-state index contributed by atoms with van der Waals surface area (Å²) in [6, 6.07) is -0.478. The van der Waals surface area contributed by atoms with Gasteiger partial charge in [0.1, 0.15) is 0 Å². The molecule has 1 aliphatic rings. The van der Waals surface area contributed by atoms with Crippen LogP contribution in [-0.4, -0.2) is 49.4 Å². The lowest BCUT2D eigenvalue weighted by Crippen LogP contribution is -2.15. The number of ether oxygens (including phenoxy) is 2. The van der Waals surface area contributed by atoms with Crippen molar-refractivity contribution in [3.63, 3.8) is 0 Å². The van der Waals surface area contributed by atoms with Gasteiger partial charge < -0.3 is 18.8 Å². The van der Waals surface area contributed by atoms with Crippen molar-refractivity contribution in [1.82, 2.24) is 14.8 Å². The Bertz CT molecular complexity index is 741. The van der Waals surface area contributed by atoms with Crippen LogP contribution in [0.4, 0.5) is 5.95 Å². The van der Waals surface area contributed by atoms with Gasteiger partial charge in [0.15, 0.2) is 5.76 Å². The average Bonchev–Trinajstić information content (AvgIpc) is 2.97. The first-order valence-electron chi connectivity index (χ1n) is 5.74. The van der Waals surface area contributed by atoms with Crippen molar-refractivity contribution in [3.05, 3.63) is 11.5 Å². The highest BCUT2D eigenvalue weighted by molar-refractivity contribution is 7.78. The topological polar surface area (TPSA) is 181 Å². The molecule has 1 aromatic rings. The van der Waals surface area contributed by atoms with Crippen molar-refractivity contribution >= 4 is 29.1 Å². The molecular weight excluding hydrogens is 336 g/mol. The largest absolute Gasteiger partial charge is 0.504 e. The number of esters is 1. The van der Waals surface area contributed by atoms with Gasteiger partial charge in [-0.1, -0.05) is 5.10 Å². The number of hydrogen-bond acceptors (Lipinski definition) is 11. The third-order valence-corrected chi connectivity index (χ3v) is 2.73. The van der Waals surface area contributed by atoms with Gasteiger partial charge in [0, 0.05) is 14.0 Å². The van der Waals surface area contributed by atoms with E-state index in [1.165, 1.54) is 7.11 Å². The summed E-state index contributed by atoms with van der Waals surface area (Å²) in [5.41, 5.74) is -0.528. The summed E-state index contributed by atoms with van der Waals surface area (Å²) in [5.74, 6) is -2.61. The van der Waals surface area contributed by atoms with E-state index in [4.69, 9.17) is 5.14 Å². The zero-order valence-corrected chi connectivity index (χ0v) is 12.5. The number of cyclic esters (lactones) is 1. The lowest BCUT2D eigenvalue weighted by molar-refractivity contribution is -0.158. The quantitative estimate of drug-likeness (QED) is 0.511. The number of aromatic nitrogens is 3. The number of aliphatic hydroxyl groups is 1. The van der Waals surface area contributed by atoms with E-state index < -0.39 is 52.8 Å². The van der Waals surface area contributed by atoms with Crippen molar-refractivity contribution in [2.24, 2.45) is 15.4 Å². The van der Waals surface area contributed by atoms with E-state index in [0.717, 1.165) is 6.92 Å². The van der Waals surface area contributed by atoms with E-state index in [9.17, 15) is 18.9 Å². The number of rotatable bonds is 5. The minimum Gasteiger partial charge on any atom is -0.504 e. The molecule has 0 saturated heterocycles. The summed E-state index contributed by atoms with van der Waals surface area (Å²) in [6.07, 6.45) is -1.29. The monoisotopic (exact) mass is 346 g/mol. The highest BCUT2D eigenvalue weighted by Gasteiger charge is 2.35. The van der Waals surface area contributed by atoms with Crippen LogP contribution in [0.5, 0.6) is 6.01 Å². The van der Waals surface area contributed by atoms with Gasteiger partial charge >= 0.3 is 12.0 Å². The Morgan fingerprint density at radius 2 is 2.17 bits per heavy atom. The molecule has 3 N–H and O–H groups in total. The van der Waals surface area contributed by atoms with Gasteiger partial charge in [-0.15, -0.1) is 15.3 Å². The molecule has 2 rings (SSSR count). The van der Waals surface area contributed by atoms with E-state index in [-0.39, 0.29) is 0 Å². The molecule has 0 saturated carbocycles. The fraction of sp³-hybridized carbons (Fsp3) is 0.333. The Kier molecular flexibility index (Phi) is 4.77. The summed E-state index contributed by atoms with van der Waals surface area (Å²) in [7, 11) is 1.21. The summed E-state index contributed by atoms with van der Waals surface area (Å²) < 4.78 is 25.4. The molecule has 0 amide bonds. The Balaban J connectivity index is 2.35. The number of carbonyl (C=O) groups is 2. The summed E-state index contributed by atoms with van der Waals surface area (Å²) in [4.78, 5) is 23.0. The molecule has 124 valence electrons. The number of azo groups is 1. The zero-order valence-electron chi connectivity index (χ0n) is 11.7. The molecule has 0 bridgehead atoms. The van der Waals surface area contributed by atoms with Crippen LogP contribution < -0.4 is 9.32 Å². The predicted molar refractivity (Wildman–Crippen MR) is 70.3 cm³/mol. The van der Waals surface area contributed by atoms with Gasteiger partial charge in [-0.25, -0.2) is 9.93 Å². The highest BCUT2D eigenvalue weighted by atomic mass is 32.2. The van der Waals surface area contributed by atoms with Crippen LogP contribution in [0.2, 0.25) is 0 Å². The van der Waals surface area contributed by atoms with Crippen molar-refractivity contribution in [3.8, 4) is 6.01 Å². The molecule has 2 heterocycles. The van der Waals surface area contributed by atoms with Crippen LogP contribution in [0.25, 0.3) is 0 Å². The van der Waals surface area contributed by atoms with Gasteiger partial charge in [-0.2, -0.15) is 8.78 Å². The Hall–Kier alpha value is -2.71. The first-order chi connectivity index (χ1) is 10.8. The standard InChI is InChI=1S/C9H10N6O7S/c1-3(16)15-8(13-14-9(15)22-23(10)19)12-11-4-5(17)7(20-2)21-6(4)18/h7,17H,10H2,1-2H3. The number of nitrogens with zero attached hydrogens (tertiary/aromatic N) is 5. The smallest absolute Gasteiger partial charge is 0.365 e. The average molecular weight is 346 g/mol. The van der Waals surface area contributed by atoms with Crippen LogP contribution in [0, 0.1) is 0 Å². The Morgan fingerprint density at radius 1 is 1.48 bits per heavy atom. The maximum atomic E-state index is 11.5. The lowest BCUT2D eigenvalue weighted by Gasteiger charge is -2.05. The predicted octanol–water partition coefficient (Wildman–Crippen LogP) is -0.763. The van der Waals surface area contributed by atoms with Crippen molar-refractivity contribution in [2.75, 3.05) is 7.11 Å². The number of nitrogens with two attached hydrogens (primary N) is 1. The van der Waals surface area contributed by atoms with Gasteiger partial charge in [-0.3, -0.25) is 4.79 Å². The maximum Gasteiger partial charge on any atom is 0.365 e. The zero-order chi connectivity index (χ0) is 17.1. The lowest BCUT2D eigenvalue weighted by atomic mass is 10.4. The molecule has 0 radical (unpaired) electrons. The molecule has 2 atom stereocenters. The van der Waals surface area contributed by atoms with Gasteiger partial charge in [0.05, 0.1) is 0 Å². The van der Waals surface area contributed by atoms with Crippen LogP contribution in [0.1, 0.15) is 11.7 Å². The maximum absolute atomic E-state index is 11.5. The van der Waals surface area contributed by atoms with Crippen molar-refractivity contribution < 1.29 is 32.6 Å². The third-order valence-electron chi connectivity index (χ3n) is 2.41. The highest BCUT2D eigenvalue weighted by Crippen LogP contribution is 2.24. The molecule has 0 spiro atoms. The van der Waals surface area contributed by atoms with Gasteiger partial charge in [0.2, 0.25) is 11.6 Å². The fourth-order valence-electron chi connectivity index (χ4n) is 1.50. The molecule has 1 aliphatic heterocycles. The van der Waals surface area contributed by atoms with Crippen LogP contribution in [0.15, 0.2) is 21.7 Å². The summed E-state index contributed by atoms with van der Waals surface area (Å²) in [5, 5.41) is 28.4. The first-order valence-corrected chi connectivity index (χ1v) is 6.88. The third kappa shape index (κ3) is 3.38. The van der Waals surface area contributed by atoms with Crippen molar-refractivity contribution in [1.29, 1.82) is 0 Å². The second-order valence-corrected chi connectivity index (χ2v) is 4.58. The molecule has 0 aromatic carbocycles. The molecule has 23 heavy (non-hydrogen) atoms. The summed E-state index contributed by atoms with van der Waals surface area (Å²) >= 11 is -2.24. The molecule has 0 aliphatic carbocycles. The van der Waals surface area contributed by atoms with Crippen LogP contribution in [0.3, 0.4) is 0 Å². The molecule has 14 heteroatoms. The molecule has 1 aromatic heterocycles. The molecular formula is C9H10N6O7S. The molecule has 13 nitrogen and oxygen atoms in total. The van der Waals surface area contributed by atoms with Crippen LogP contribution in [-0.2, 0) is 25.5 Å². The first kappa shape index (κ1) is 16.7. The normalized spacial score (nSPS) is 19.3. The number of hydrogen-bond donors (Lipinski definition) is 2. The van der Waals surface area contributed by atoms with E-state index in [2.05, 4.69) is 34.1 Å². The minimum atomic E-state index is -2.24. The van der Waals surface area contributed by atoms with E-state index >= 15 is 0 Å². The Morgan fingerprint density at radius 3 is 2.70 bits per heavy atom. The van der Waals surface area contributed by atoms with Gasteiger partial charge in [-0.05, 0) is 0 Å². The van der Waals surface area contributed by atoms with Gasteiger partial charge in [0.25, 0.3) is 23.5 Å². The summed E-state index contributed by atoms with van der Waals surface area (Å²) in [6.45, 7) is 1.12. The Labute approximate surface area is 130 Å². The van der Waals surface area contributed by atoms with E-state index in [1.807, 2.05) is 0 Å². The van der Waals surface area contributed by atoms with E-state index in [0.29, 0.717) is 4.57 Å². The second kappa shape index (κ2) is 6.59. The SMILES string of the molecule is COC1OC(=O)C(N=Nc2nnc(OS(N)=O)n2C(C)=O)=C1O. The number of methoxy groups -OCH3 is 1. The van der Waals surface area contributed by atoms with Crippen LogP contribution >= 0.6 is 0 Å². The molecule has 0 fully saturated rings. The number of aliphatic hydroxyl groups excluding tert-OH is 1. The number of carbonyl (C=O) groups excluding carboxylic acids is 2.